The summed E-state index contributed by atoms with van der Waals surface area (Å²) in [6.45, 7) is 2.23. The van der Waals surface area contributed by atoms with E-state index in [0.29, 0.717) is 6.42 Å². The average molecular weight is 302 g/mol. The predicted molar refractivity (Wildman–Crippen MR) is 93.7 cm³/mol. The number of carbonyl (C=O) groups is 1. The molecule has 0 aromatic carbocycles. The Morgan fingerprint density at radius 1 is 1.05 bits per heavy atom. The van der Waals surface area contributed by atoms with Crippen LogP contribution in [0.5, 0.6) is 0 Å². The highest BCUT2D eigenvalue weighted by Crippen LogP contribution is 2.14. The molecule has 1 atom stereocenters. The van der Waals surface area contributed by atoms with Crippen molar-refractivity contribution in [1.82, 2.24) is 0 Å². The summed E-state index contributed by atoms with van der Waals surface area (Å²) < 4.78 is 5.21. The molecular formula is C20H30O2. The Balaban J connectivity index is 2.03. The highest BCUT2D eigenvalue weighted by atomic mass is 16.5. The van der Waals surface area contributed by atoms with E-state index in [1.807, 2.05) is 18.2 Å². The van der Waals surface area contributed by atoms with Gasteiger partial charge in [-0.15, -0.1) is 0 Å². The maximum atomic E-state index is 11.1. The molecule has 0 aromatic heterocycles. The molecule has 0 saturated carbocycles. The van der Waals surface area contributed by atoms with Crippen molar-refractivity contribution >= 4 is 5.97 Å². The number of carbonyl (C=O) groups excluding carboxylic acids is 1. The van der Waals surface area contributed by atoms with Crippen molar-refractivity contribution in [2.24, 2.45) is 0 Å². The molecule has 1 heterocycles. The molecule has 2 heteroatoms. The Morgan fingerprint density at radius 3 is 2.59 bits per heavy atom. The quantitative estimate of drug-likeness (QED) is 0.225. The monoisotopic (exact) mass is 302 g/mol. The lowest BCUT2D eigenvalue weighted by molar-refractivity contribution is -0.150. The van der Waals surface area contributed by atoms with Gasteiger partial charge in [0.25, 0.3) is 0 Å². The first-order valence-corrected chi connectivity index (χ1v) is 8.65. The highest BCUT2D eigenvalue weighted by Gasteiger charge is 2.16. The van der Waals surface area contributed by atoms with Gasteiger partial charge in [0.1, 0.15) is 6.10 Å². The molecule has 0 aromatic rings. The molecule has 0 radical (unpaired) electrons. The molecule has 1 saturated heterocycles. The first kappa shape index (κ1) is 18.5. The molecule has 1 rings (SSSR count). The van der Waals surface area contributed by atoms with Gasteiger partial charge >= 0.3 is 5.97 Å². The van der Waals surface area contributed by atoms with Crippen LogP contribution in [0.2, 0.25) is 0 Å². The molecule has 0 spiro atoms. The standard InChI is InChI=1S/C20H30O2/c1-2-3-4-5-6-7-8-9-10-11-12-13-14-16-19-17-15-18-20(21)22-19/h6-7,9-10,12-14,16,19H,2-5,8,11,15,17-18H2,1H3/b7-6+,10-9+,13-12+,16-14-. The second-order valence-electron chi connectivity index (χ2n) is 5.64. The SMILES string of the molecule is CCCCC/C=C/C/C=C/C/C=C/C=C\C1CCCC(=O)O1. The number of rotatable bonds is 10. The van der Waals surface area contributed by atoms with Crippen LogP contribution in [-0.2, 0) is 9.53 Å². The third kappa shape index (κ3) is 10.2. The van der Waals surface area contributed by atoms with Gasteiger partial charge in [-0.2, -0.15) is 0 Å². The van der Waals surface area contributed by atoms with Crippen molar-refractivity contribution in [2.45, 2.75) is 70.8 Å². The lowest BCUT2D eigenvalue weighted by Crippen LogP contribution is -2.21. The average Bonchev–Trinajstić information content (AvgIpc) is 2.52. The third-order valence-corrected chi connectivity index (χ3v) is 3.58. The summed E-state index contributed by atoms with van der Waals surface area (Å²) in [5, 5.41) is 0. The molecule has 1 aliphatic rings. The Morgan fingerprint density at radius 2 is 1.82 bits per heavy atom. The van der Waals surface area contributed by atoms with Gasteiger partial charge in [-0.25, -0.2) is 0 Å². The van der Waals surface area contributed by atoms with Crippen molar-refractivity contribution in [2.75, 3.05) is 0 Å². The van der Waals surface area contributed by atoms with Crippen LogP contribution in [0.3, 0.4) is 0 Å². The van der Waals surface area contributed by atoms with Crippen LogP contribution < -0.4 is 0 Å². The zero-order chi connectivity index (χ0) is 15.9. The second kappa shape index (κ2) is 13.1. The van der Waals surface area contributed by atoms with Crippen LogP contribution in [0.4, 0.5) is 0 Å². The second-order valence-corrected chi connectivity index (χ2v) is 5.64. The van der Waals surface area contributed by atoms with E-state index in [1.165, 1.54) is 25.7 Å². The summed E-state index contributed by atoms with van der Waals surface area (Å²) in [4.78, 5) is 11.1. The molecule has 1 unspecified atom stereocenters. The summed E-state index contributed by atoms with van der Waals surface area (Å²) in [6.07, 6.45) is 26.5. The van der Waals surface area contributed by atoms with E-state index < -0.39 is 0 Å². The smallest absolute Gasteiger partial charge is 0.306 e. The van der Waals surface area contributed by atoms with E-state index in [4.69, 9.17) is 4.74 Å². The van der Waals surface area contributed by atoms with E-state index in [-0.39, 0.29) is 12.1 Å². The van der Waals surface area contributed by atoms with Crippen LogP contribution in [0.25, 0.3) is 0 Å². The maximum absolute atomic E-state index is 11.1. The van der Waals surface area contributed by atoms with E-state index in [2.05, 4.69) is 37.3 Å². The van der Waals surface area contributed by atoms with E-state index in [1.54, 1.807) is 0 Å². The minimum absolute atomic E-state index is 0.0284. The summed E-state index contributed by atoms with van der Waals surface area (Å²) in [5.41, 5.74) is 0. The van der Waals surface area contributed by atoms with Gasteiger partial charge in [-0.05, 0) is 44.6 Å². The fourth-order valence-electron chi connectivity index (χ4n) is 2.29. The number of hydrogen-bond acceptors (Lipinski definition) is 2. The van der Waals surface area contributed by atoms with Gasteiger partial charge in [-0.1, -0.05) is 62.3 Å². The van der Waals surface area contributed by atoms with Crippen LogP contribution >= 0.6 is 0 Å². The van der Waals surface area contributed by atoms with Gasteiger partial charge in [0, 0.05) is 6.42 Å². The summed E-state index contributed by atoms with van der Waals surface area (Å²) in [5.74, 6) is -0.0736. The lowest BCUT2D eigenvalue weighted by Gasteiger charge is -2.18. The Hall–Kier alpha value is -1.57. The van der Waals surface area contributed by atoms with Crippen LogP contribution in [0.15, 0.2) is 48.6 Å². The van der Waals surface area contributed by atoms with Gasteiger partial charge in [0.15, 0.2) is 0 Å². The molecule has 22 heavy (non-hydrogen) atoms. The van der Waals surface area contributed by atoms with Crippen molar-refractivity contribution in [3.63, 3.8) is 0 Å². The van der Waals surface area contributed by atoms with Gasteiger partial charge < -0.3 is 4.74 Å². The normalized spacial score (nSPS) is 19.9. The fraction of sp³-hybridized carbons (Fsp3) is 0.550. The Bertz CT molecular complexity index is 402. The molecule has 122 valence electrons. The largest absolute Gasteiger partial charge is 0.458 e. The predicted octanol–water partition coefficient (Wildman–Crippen LogP) is 5.67. The van der Waals surface area contributed by atoms with E-state index in [9.17, 15) is 4.79 Å². The van der Waals surface area contributed by atoms with Gasteiger partial charge in [0.2, 0.25) is 0 Å². The Labute approximate surface area is 135 Å². The lowest BCUT2D eigenvalue weighted by atomic mass is 10.1. The van der Waals surface area contributed by atoms with Crippen molar-refractivity contribution < 1.29 is 9.53 Å². The molecule has 1 aliphatic heterocycles. The minimum atomic E-state index is -0.0736. The minimum Gasteiger partial charge on any atom is -0.458 e. The maximum Gasteiger partial charge on any atom is 0.306 e. The first-order valence-electron chi connectivity index (χ1n) is 8.65. The molecule has 0 bridgehead atoms. The van der Waals surface area contributed by atoms with Crippen LogP contribution in [-0.4, -0.2) is 12.1 Å². The molecule has 0 amide bonds. The first-order chi connectivity index (χ1) is 10.8. The number of cyclic esters (lactones) is 1. The third-order valence-electron chi connectivity index (χ3n) is 3.58. The van der Waals surface area contributed by atoms with Crippen LogP contribution in [0.1, 0.15) is 64.7 Å². The Kier molecular flexibility index (Phi) is 11.0. The van der Waals surface area contributed by atoms with Gasteiger partial charge in [0.05, 0.1) is 0 Å². The van der Waals surface area contributed by atoms with E-state index in [0.717, 1.165) is 25.7 Å². The zero-order valence-electron chi connectivity index (χ0n) is 13.9. The highest BCUT2D eigenvalue weighted by molar-refractivity contribution is 5.70. The fourth-order valence-corrected chi connectivity index (χ4v) is 2.29. The van der Waals surface area contributed by atoms with Crippen molar-refractivity contribution in [1.29, 1.82) is 0 Å². The van der Waals surface area contributed by atoms with Crippen molar-refractivity contribution in [3.8, 4) is 0 Å². The molecule has 2 nitrogen and oxygen atoms in total. The molecule has 0 aliphatic carbocycles. The van der Waals surface area contributed by atoms with Crippen LogP contribution in [0, 0.1) is 0 Å². The number of esters is 1. The topological polar surface area (TPSA) is 26.3 Å². The summed E-state index contributed by atoms with van der Waals surface area (Å²) in [6, 6.07) is 0. The van der Waals surface area contributed by atoms with E-state index >= 15 is 0 Å². The zero-order valence-corrected chi connectivity index (χ0v) is 13.9. The molecule has 0 N–H and O–H groups in total. The molecular weight excluding hydrogens is 272 g/mol. The summed E-state index contributed by atoms with van der Waals surface area (Å²) >= 11 is 0. The van der Waals surface area contributed by atoms with Crippen molar-refractivity contribution in [3.05, 3.63) is 48.6 Å². The summed E-state index contributed by atoms with van der Waals surface area (Å²) in [7, 11) is 0. The number of allylic oxidation sites excluding steroid dienone is 7. The van der Waals surface area contributed by atoms with Gasteiger partial charge in [-0.3, -0.25) is 4.79 Å². The number of ether oxygens (including phenoxy) is 1. The number of unbranched alkanes of at least 4 members (excludes halogenated alkanes) is 3. The number of hydrogen-bond donors (Lipinski definition) is 0. The molecule has 1 fully saturated rings.